The van der Waals surface area contributed by atoms with E-state index in [-0.39, 0.29) is 12.8 Å². The van der Waals surface area contributed by atoms with Crippen LogP contribution in [0.2, 0.25) is 0 Å². The van der Waals surface area contributed by atoms with Crippen LogP contribution in [-0.2, 0) is 32.7 Å². The number of carbonyl (C=O) groups excluding carboxylic acids is 2. The molecule has 13 nitrogen and oxygen atoms in total. The average Bonchev–Trinajstić information content (AvgIpc) is 3.13. The Kier molecular flexibility index (Phi) is 28.4. The van der Waals surface area contributed by atoms with Gasteiger partial charge in [0, 0.05) is 12.8 Å². The van der Waals surface area contributed by atoms with Crippen LogP contribution < -0.4 is 0 Å². The van der Waals surface area contributed by atoms with Gasteiger partial charge in [0.1, 0.15) is 43.2 Å². The summed E-state index contributed by atoms with van der Waals surface area (Å²) in [7, 11) is -5.11. The SMILES string of the molecule is CCC/C=C\CCCCCCCC(=O)OCC(COP(=O)(O)OC1C(O)C(O)C(O)C(O)C1O)OC(=O)CCCCCCC/C=C\CCCCCCC. The highest BCUT2D eigenvalue weighted by Crippen LogP contribution is 2.47. The minimum atomic E-state index is -5.11. The van der Waals surface area contributed by atoms with E-state index in [0.717, 1.165) is 83.5 Å². The number of aliphatic hydroxyl groups excluding tert-OH is 5. The lowest BCUT2D eigenvalue weighted by Crippen LogP contribution is -2.64. The second kappa shape index (κ2) is 30.5. The summed E-state index contributed by atoms with van der Waals surface area (Å²) in [6, 6.07) is 0. The van der Waals surface area contributed by atoms with Crippen molar-refractivity contribution in [2.45, 2.75) is 198 Å². The van der Waals surface area contributed by atoms with Crippen LogP contribution in [0.3, 0.4) is 0 Å². The first-order chi connectivity index (χ1) is 25.4. The molecule has 0 saturated heterocycles. The lowest BCUT2D eigenvalue weighted by molar-refractivity contribution is -0.220. The van der Waals surface area contributed by atoms with Crippen LogP contribution in [0.5, 0.6) is 0 Å². The van der Waals surface area contributed by atoms with Gasteiger partial charge in [0.05, 0.1) is 6.61 Å². The molecular weight excluding hydrogens is 707 g/mol. The lowest BCUT2D eigenvalue weighted by Gasteiger charge is -2.41. The summed E-state index contributed by atoms with van der Waals surface area (Å²) < 4.78 is 33.3. The molecule has 0 spiro atoms. The first kappa shape index (κ1) is 49.3. The zero-order valence-corrected chi connectivity index (χ0v) is 33.2. The van der Waals surface area contributed by atoms with Gasteiger partial charge in [0.25, 0.3) is 0 Å². The maximum absolute atomic E-state index is 12.7. The van der Waals surface area contributed by atoms with E-state index in [4.69, 9.17) is 18.5 Å². The molecule has 1 fully saturated rings. The highest BCUT2D eigenvalue weighted by atomic mass is 31.2. The molecule has 0 bridgehead atoms. The smallest absolute Gasteiger partial charge is 0.462 e. The monoisotopic (exact) mass is 778 g/mol. The average molecular weight is 779 g/mol. The van der Waals surface area contributed by atoms with Crippen molar-refractivity contribution in [2.24, 2.45) is 0 Å². The minimum absolute atomic E-state index is 0.0859. The number of phosphoric acid groups is 1. The summed E-state index contributed by atoms with van der Waals surface area (Å²) in [5.74, 6) is -1.12. The largest absolute Gasteiger partial charge is 0.472 e. The number of aliphatic hydroxyl groups is 5. The maximum atomic E-state index is 12.7. The van der Waals surface area contributed by atoms with E-state index < -0.39 is 75.7 Å². The van der Waals surface area contributed by atoms with Gasteiger partial charge < -0.3 is 39.9 Å². The molecule has 310 valence electrons. The molecular formula is C39H71O13P. The van der Waals surface area contributed by atoms with Crippen molar-refractivity contribution in [3.05, 3.63) is 24.3 Å². The predicted octanol–water partition coefficient (Wildman–Crippen LogP) is 6.50. The van der Waals surface area contributed by atoms with Gasteiger partial charge in [-0.3, -0.25) is 18.6 Å². The Morgan fingerprint density at radius 1 is 0.566 bits per heavy atom. The van der Waals surface area contributed by atoms with E-state index in [1.165, 1.54) is 32.1 Å². The van der Waals surface area contributed by atoms with E-state index in [0.29, 0.717) is 12.8 Å². The van der Waals surface area contributed by atoms with Gasteiger partial charge in [0.2, 0.25) is 0 Å². The Balaban J connectivity index is 2.54. The van der Waals surface area contributed by atoms with Gasteiger partial charge in [-0.25, -0.2) is 4.57 Å². The predicted molar refractivity (Wildman–Crippen MR) is 203 cm³/mol. The molecule has 6 N–H and O–H groups in total. The standard InChI is InChI=1S/C39H71O13P/c1-3-5-7-9-11-13-15-16-17-18-20-22-24-26-28-33(41)51-31(29-49-32(40)27-25-23-21-19-14-12-10-8-6-4-2)30-50-53(47,48)52-39-37(45)35(43)34(42)36(44)38(39)46/h8,10,15-16,31,34-39,42-46H,3-7,9,11-14,17-30H2,1-2H3,(H,47,48)/b10-8-,16-15-. The van der Waals surface area contributed by atoms with E-state index in [9.17, 15) is 44.6 Å². The van der Waals surface area contributed by atoms with Crippen LogP contribution >= 0.6 is 7.82 Å². The number of ether oxygens (including phenoxy) is 2. The fraction of sp³-hybridized carbons (Fsp3) is 0.846. The number of carbonyl (C=O) groups is 2. The van der Waals surface area contributed by atoms with Gasteiger partial charge >= 0.3 is 19.8 Å². The van der Waals surface area contributed by atoms with Gasteiger partial charge in [-0.1, -0.05) is 109 Å². The highest BCUT2D eigenvalue weighted by molar-refractivity contribution is 7.47. The van der Waals surface area contributed by atoms with Crippen molar-refractivity contribution < 1.29 is 63.1 Å². The van der Waals surface area contributed by atoms with Crippen LogP contribution in [-0.4, -0.2) is 98.3 Å². The van der Waals surface area contributed by atoms with Crippen molar-refractivity contribution in [2.75, 3.05) is 13.2 Å². The Bertz CT molecular complexity index is 1040. The van der Waals surface area contributed by atoms with E-state index in [1.807, 2.05) is 0 Å². The minimum Gasteiger partial charge on any atom is -0.462 e. The summed E-state index contributed by atoms with van der Waals surface area (Å²) in [5.41, 5.74) is 0. The molecule has 0 heterocycles. The maximum Gasteiger partial charge on any atom is 0.472 e. The molecule has 1 aliphatic rings. The third-order valence-electron chi connectivity index (χ3n) is 9.25. The zero-order valence-electron chi connectivity index (χ0n) is 32.3. The van der Waals surface area contributed by atoms with Crippen molar-refractivity contribution in [3.8, 4) is 0 Å². The quantitative estimate of drug-likeness (QED) is 0.0187. The summed E-state index contributed by atoms with van der Waals surface area (Å²) in [4.78, 5) is 35.4. The number of hydrogen-bond acceptors (Lipinski definition) is 12. The van der Waals surface area contributed by atoms with Crippen LogP contribution in [0, 0.1) is 0 Å². The van der Waals surface area contributed by atoms with Gasteiger partial charge in [-0.05, 0) is 57.8 Å². The van der Waals surface area contributed by atoms with Crippen LogP contribution in [0.4, 0.5) is 0 Å². The van der Waals surface area contributed by atoms with Gasteiger partial charge in [-0.15, -0.1) is 0 Å². The molecule has 1 saturated carbocycles. The van der Waals surface area contributed by atoms with Crippen molar-refractivity contribution in [1.82, 2.24) is 0 Å². The number of unbranched alkanes of at least 4 members (excludes halogenated alkanes) is 16. The van der Waals surface area contributed by atoms with Crippen molar-refractivity contribution >= 4 is 19.8 Å². The summed E-state index contributed by atoms with van der Waals surface area (Å²) in [6.07, 6.45) is 16.9. The number of rotatable bonds is 32. The van der Waals surface area contributed by atoms with Crippen LogP contribution in [0.1, 0.15) is 155 Å². The first-order valence-corrected chi connectivity index (χ1v) is 21.6. The fourth-order valence-corrected chi connectivity index (χ4v) is 6.90. The number of esters is 2. The topological polar surface area (TPSA) is 210 Å². The zero-order chi connectivity index (χ0) is 39.3. The van der Waals surface area contributed by atoms with E-state index >= 15 is 0 Å². The third kappa shape index (κ3) is 23.8. The molecule has 0 amide bonds. The van der Waals surface area contributed by atoms with Crippen LogP contribution in [0.25, 0.3) is 0 Å². The summed E-state index contributed by atoms with van der Waals surface area (Å²) in [6.45, 7) is 3.18. The normalized spacial score (nSPS) is 23.7. The van der Waals surface area contributed by atoms with Gasteiger partial charge in [0.15, 0.2) is 6.10 Å². The molecule has 14 heteroatoms. The third-order valence-corrected chi connectivity index (χ3v) is 10.2. The number of phosphoric ester groups is 1. The number of allylic oxidation sites excluding steroid dienone is 4. The molecule has 0 aliphatic heterocycles. The van der Waals surface area contributed by atoms with Crippen LogP contribution in [0.15, 0.2) is 24.3 Å². The highest BCUT2D eigenvalue weighted by Gasteiger charge is 2.51. The number of hydrogen-bond donors (Lipinski definition) is 6. The van der Waals surface area contributed by atoms with E-state index in [1.54, 1.807) is 0 Å². The molecule has 0 aromatic heterocycles. The Labute approximate surface area is 317 Å². The molecule has 6 unspecified atom stereocenters. The molecule has 1 rings (SSSR count). The first-order valence-electron chi connectivity index (χ1n) is 20.1. The molecule has 0 aromatic rings. The molecule has 0 radical (unpaired) electrons. The van der Waals surface area contributed by atoms with E-state index in [2.05, 4.69) is 38.2 Å². The molecule has 1 aliphatic carbocycles. The Morgan fingerprint density at radius 2 is 1.00 bits per heavy atom. The van der Waals surface area contributed by atoms with Gasteiger partial charge in [-0.2, -0.15) is 0 Å². The summed E-state index contributed by atoms with van der Waals surface area (Å²) in [5, 5.41) is 49.9. The Morgan fingerprint density at radius 3 is 1.51 bits per heavy atom. The summed E-state index contributed by atoms with van der Waals surface area (Å²) >= 11 is 0. The molecule has 53 heavy (non-hydrogen) atoms. The molecule has 0 aromatic carbocycles. The second-order valence-corrected chi connectivity index (χ2v) is 15.5. The Hall–Kier alpha value is -1.67. The lowest BCUT2D eigenvalue weighted by atomic mass is 9.85. The van der Waals surface area contributed by atoms with Crippen molar-refractivity contribution in [1.29, 1.82) is 0 Å². The fourth-order valence-electron chi connectivity index (χ4n) is 5.93. The van der Waals surface area contributed by atoms with Crippen molar-refractivity contribution in [3.63, 3.8) is 0 Å². The molecule has 6 atom stereocenters. The second-order valence-electron chi connectivity index (χ2n) is 14.1.